The fourth-order valence-corrected chi connectivity index (χ4v) is 4.27. The number of nitrogens with one attached hydrogen (secondary N) is 2. The van der Waals surface area contributed by atoms with Gasteiger partial charge in [-0.1, -0.05) is 12.1 Å². The number of aromatic nitrogens is 2. The van der Waals surface area contributed by atoms with E-state index in [9.17, 15) is 13.2 Å². The molecule has 1 aromatic heterocycles. The number of imidazole rings is 1. The van der Waals surface area contributed by atoms with E-state index in [4.69, 9.17) is 4.74 Å². The molecular formula is C17H23N5O4S. The Labute approximate surface area is 158 Å². The molecule has 0 unspecified atom stereocenters. The van der Waals surface area contributed by atoms with Gasteiger partial charge in [0.2, 0.25) is 0 Å². The third-order valence-corrected chi connectivity index (χ3v) is 6.09. The summed E-state index contributed by atoms with van der Waals surface area (Å²) in [5, 5.41) is 2.91. The highest BCUT2D eigenvalue weighted by molar-refractivity contribution is 7.89. The van der Waals surface area contributed by atoms with Crippen LogP contribution in [0.4, 0.5) is 10.5 Å². The first-order valence-electron chi connectivity index (χ1n) is 8.78. The van der Waals surface area contributed by atoms with Crippen LogP contribution < -0.4 is 10.1 Å². The number of hydrogen-bond acceptors (Lipinski definition) is 5. The number of H-pyrrole nitrogens is 1. The summed E-state index contributed by atoms with van der Waals surface area (Å²) in [6.45, 7) is 3.72. The standard InChI is InChI=1S/C17H23N5O4S/c1-2-26-15-7-4-3-6-14(15)20-17(23)21-8-5-9-22(11-10-21)27(24,25)16-12-18-13-19-16/h3-4,6-7,12-13H,2,5,8-11H2,1H3,(H,18,19)(H,20,23). The number of sulfonamides is 1. The van der Waals surface area contributed by atoms with Crippen LogP contribution in [0.25, 0.3) is 0 Å². The third kappa shape index (κ3) is 4.40. The second-order valence-electron chi connectivity index (χ2n) is 6.02. The van der Waals surface area contributed by atoms with E-state index in [0.717, 1.165) is 0 Å². The maximum absolute atomic E-state index is 12.6. The van der Waals surface area contributed by atoms with Crippen LogP contribution in [0.15, 0.2) is 41.8 Å². The Morgan fingerprint density at radius 1 is 1.26 bits per heavy atom. The normalized spacial score (nSPS) is 16.0. The van der Waals surface area contributed by atoms with Gasteiger partial charge in [0, 0.05) is 26.2 Å². The zero-order chi connectivity index (χ0) is 19.3. The van der Waals surface area contributed by atoms with Gasteiger partial charge in [-0.2, -0.15) is 4.31 Å². The number of urea groups is 1. The van der Waals surface area contributed by atoms with Crippen molar-refractivity contribution in [3.63, 3.8) is 0 Å². The number of para-hydroxylation sites is 2. The average molecular weight is 393 g/mol. The maximum Gasteiger partial charge on any atom is 0.321 e. The summed E-state index contributed by atoms with van der Waals surface area (Å²) in [5.74, 6) is 0.603. The number of hydrogen-bond donors (Lipinski definition) is 2. The monoisotopic (exact) mass is 393 g/mol. The molecule has 0 atom stereocenters. The summed E-state index contributed by atoms with van der Waals surface area (Å²) in [4.78, 5) is 20.7. The van der Waals surface area contributed by atoms with Gasteiger partial charge in [-0.25, -0.2) is 18.2 Å². The van der Waals surface area contributed by atoms with Gasteiger partial charge in [0.05, 0.1) is 24.8 Å². The number of ether oxygens (including phenoxy) is 1. The molecule has 9 nitrogen and oxygen atoms in total. The number of anilines is 1. The van der Waals surface area contributed by atoms with Crippen molar-refractivity contribution in [3.8, 4) is 5.75 Å². The topological polar surface area (TPSA) is 108 Å². The minimum absolute atomic E-state index is 0.0612. The molecule has 2 N–H and O–H groups in total. The predicted molar refractivity (Wildman–Crippen MR) is 100 cm³/mol. The largest absolute Gasteiger partial charge is 0.492 e. The second-order valence-corrected chi connectivity index (χ2v) is 7.93. The fraction of sp³-hybridized carbons (Fsp3) is 0.412. The van der Waals surface area contributed by atoms with Crippen LogP contribution in [0.3, 0.4) is 0 Å². The highest BCUT2D eigenvalue weighted by atomic mass is 32.2. The molecule has 1 aliphatic rings. The fourth-order valence-electron chi connectivity index (χ4n) is 2.91. The van der Waals surface area contributed by atoms with Crippen LogP contribution in [-0.2, 0) is 10.0 Å². The lowest BCUT2D eigenvalue weighted by Crippen LogP contribution is -2.39. The third-order valence-electron chi connectivity index (χ3n) is 4.26. The van der Waals surface area contributed by atoms with Crippen LogP contribution in [0.5, 0.6) is 5.75 Å². The van der Waals surface area contributed by atoms with E-state index >= 15 is 0 Å². The zero-order valence-electron chi connectivity index (χ0n) is 15.1. The lowest BCUT2D eigenvalue weighted by molar-refractivity contribution is 0.214. The van der Waals surface area contributed by atoms with Gasteiger partial charge in [0.1, 0.15) is 5.75 Å². The summed E-state index contributed by atoms with van der Waals surface area (Å²) in [5.41, 5.74) is 0.593. The van der Waals surface area contributed by atoms with Gasteiger partial charge >= 0.3 is 6.03 Å². The minimum atomic E-state index is -3.63. The Kier molecular flexibility index (Phi) is 5.97. The minimum Gasteiger partial charge on any atom is -0.492 e. The summed E-state index contributed by atoms with van der Waals surface area (Å²) in [6, 6.07) is 6.95. The molecule has 0 saturated carbocycles. The first kappa shape index (κ1) is 19.2. The van der Waals surface area contributed by atoms with Gasteiger partial charge in [-0.15, -0.1) is 0 Å². The summed E-state index contributed by atoms with van der Waals surface area (Å²) < 4.78 is 32.1. The molecule has 3 rings (SSSR count). The van der Waals surface area contributed by atoms with Gasteiger partial charge in [-0.3, -0.25) is 0 Å². The Bertz CT molecular complexity index is 869. The summed E-state index contributed by atoms with van der Waals surface area (Å²) in [6.07, 6.45) is 3.17. The number of nitrogens with zero attached hydrogens (tertiary/aromatic N) is 3. The maximum atomic E-state index is 12.6. The Hall–Kier alpha value is -2.59. The number of carbonyl (C=O) groups excluding carboxylic acids is 1. The number of amides is 2. The van der Waals surface area contributed by atoms with Crippen molar-refractivity contribution < 1.29 is 17.9 Å². The number of benzene rings is 1. The zero-order valence-corrected chi connectivity index (χ0v) is 15.9. The first-order valence-corrected chi connectivity index (χ1v) is 10.2. The van der Waals surface area contributed by atoms with Gasteiger partial charge in [0.15, 0.2) is 5.03 Å². The van der Waals surface area contributed by atoms with Crippen molar-refractivity contribution in [2.24, 2.45) is 0 Å². The van der Waals surface area contributed by atoms with E-state index in [2.05, 4.69) is 15.3 Å². The van der Waals surface area contributed by atoms with Crippen molar-refractivity contribution in [2.45, 2.75) is 18.4 Å². The van der Waals surface area contributed by atoms with E-state index in [1.165, 1.54) is 16.8 Å². The Morgan fingerprint density at radius 2 is 2.07 bits per heavy atom. The van der Waals surface area contributed by atoms with Gasteiger partial charge < -0.3 is 19.9 Å². The van der Waals surface area contributed by atoms with E-state index in [-0.39, 0.29) is 17.6 Å². The molecule has 146 valence electrons. The highest BCUT2D eigenvalue weighted by Crippen LogP contribution is 2.24. The quantitative estimate of drug-likeness (QED) is 0.804. The Balaban J connectivity index is 1.65. The van der Waals surface area contributed by atoms with E-state index in [1.54, 1.807) is 17.0 Å². The van der Waals surface area contributed by atoms with Gasteiger partial charge in [0.25, 0.3) is 10.0 Å². The molecule has 1 fully saturated rings. The van der Waals surface area contributed by atoms with Crippen LogP contribution in [-0.4, -0.2) is 66.4 Å². The molecule has 10 heteroatoms. The Morgan fingerprint density at radius 3 is 2.81 bits per heavy atom. The van der Waals surface area contributed by atoms with Crippen LogP contribution in [0.2, 0.25) is 0 Å². The molecule has 0 radical (unpaired) electrons. The molecule has 0 bridgehead atoms. The second kappa shape index (κ2) is 8.40. The van der Waals surface area contributed by atoms with Crippen molar-refractivity contribution >= 4 is 21.7 Å². The van der Waals surface area contributed by atoms with Crippen LogP contribution in [0, 0.1) is 0 Å². The molecule has 27 heavy (non-hydrogen) atoms. The van der Waals surface area contributed by atoms with Crippen LogP contribution in [0.1, 0.15) is 13.3 Å². The summed E-state index contributed by atoms with van der Waals surface area (Å²) >= 11 is 0. The molecule has 0 aliphatic carbocycles. The lowest BCUT2D eigenvalue weighted by atomic mass is 10.3. The number of carbonyl (C=O) groups is 1. The smallest absolute Gasteiger partial charge is 0.321 e. The molecular weight excluding hydrogens is 370 g/mol. The number of rotatable bonds is 5. The average Bonchev–Trinajstić information content (AvgIpc) is 3.08. The van der Waals surface area contributed by atoms with E-state index < -0.39 is 10.0 Å². The van der Waals surface area contributed by atoms with Crippen molar-refractivity contribution in [1.82, 2.24) is 19.2 Å². The SMILES string of the molecule is CCOc1ccccc1NC(=O)N1CCCN(S(=O)(=O)c2cnc[nH]2)CC1. The van der Waals surface area contributed by atoms with E-state index in [1.807, 2.05) is 19.1 Å². The molecule has 1 saturated heterocycles. The van der Waals surface area contributed by atoms with Crippen molar-refractivity contribution in [3.05, 3.63) is 36.8 Å². The molecule has 2 aromatic rings. The van der Waals surface area contributed by atoms with E-state index in [0.29, 0.717) is 44.1 Å². The van der Waals surface area contributed by atoms with Crippen LogP contribution >= 0.6 is 0 Å². The molecule has 1 aliphatic heterocycles. The predicted octanol–water partition coefficient (Wildman–Crippen LogP) is 1.74. The van der Waals surface area contributed by atoms with Gasteiger partial charge in [-0.05, 0) is 25.5 Å². The number of aromatic amines is 1. The molecule has 1 aromatic carbocycles. The molecule has 2 heterocycles. The lowest BCUT2D eigenvalue weighted by Gasteiger charge is -2.22. The summed E-state index contributed by atoms with van der Waals surface area (Å²) in [7, 11) is -3.63. The van der Waals surface area contributed by atoms with Crippen molar-refractivity contribution in [2.75, 3.05) is 38.1 Å². The van der Waals surface area contributed by atoms with Crippen molar-refractivity contribution in [1.29, 1.82) is 0 Å². The highest BCUT2D eigenvalue weighted by Gasteiger charge is 2.29. The first-order chi connectivity index (χ1) is 13.0. The molecule has 2 amide bonds. The molecule has 0 spiro atoms.